The third-order valence-electron chi connectivity index (χ3n) is 2.67. The van der Waals surface area contributed by atoms with Crippen LogP contribution in [0.2, 0.25) is 0 Å². The minimum atomic E-state index is 0.679. The van der Waals surface area contributed by atoms with E-state index in [0.29, 0.717) is 11.7 Å². The van der Waals surface area contributed by atoms with Crippen LogP contribution in [0.1, 0.15) is 26.7 Å². The van der Waals surface area contributed by atoms with Crippen molar-refractivity contribution < 1.29 is 0 Å². The van der Waals surface area contributed by atoms with Gasteiger partial charge in [-0.3, -0.25) is 0 Å². The summed E-state index contributed by atoms with van der Waals surface area (Å²) in [7, 11) is 0. The third-order valence-corrected chi connectivity index (χ3v) is 4.51. The second kappa shape index (κ2) is 4.84. The average molecular weight is 257 g/mol. The van der Waals surface area contributed by atoms with Crippen LogP contribution in [0.5, 0.6) is 0 Å². The molecule has 0 amide bonds. The molecular formula is C11H19N3S2. The van der Waals surface area contributed by atoms with Gasteiger partial charge < -0.3 is 10.6 Å². The summed E-state index contributed by atoms with van der Waals surface area (Å²) < 4.78 is 4.28. The fraction of sp³-hybridized carbons (Fsp3) is 0.727. The van der Waals surface area contributed by atoms with Gasteiger partial charge in [0.15, 0.2) is 5.82 Å². The van der Waals surface area contributed by atoms with Gasteiger partial charge in [0.05, 0.1) is 4.90 Å². The fourth-order valence-electron chi connectivity index (χ4n) is 1.84. The number of rotatable bonds is 5. The lowest BCUT2D eigenvalue weighted by molar-refractivity contribution is 0.608. The lowest BCUT2D eigenvalue weighted by Gasteiger charge is -2.25. The van der Waals surface area contributed by atoms with E-state index in [1.54, 1.807) is 23.3 Å². The van der Waals surface area contributed by atoms with Gasteiger partial charge in [-0.25, -0.2) is 0 Å². The van der Waals surface area contributed by atoms with Crippen LogP contribution in [-0.2, 0) is 0 Å². The first-order valence-electron chi connectivity index (χ1n) is 5.69. The van der Waals surface area contributed by atoms with E-state index in [-0.39, 0.29) is 0 Å². The van der Waals surface area contributed by atoms with Gasteiger partial charge in [0, 0.05) is 12.6 Å². The molecule has 1 saturated carbocycles. The zero-order valence-corrected chi connectivity index (χ0v) is 11.7. The van der Waals surface area contributed by atoms with E-state index in [9.17, 15) is 0 Å². The van der Waals surface area contributed by atoms with Gasteiger partial charge in [0.1, 0.15) is 5.00 Å². The molecule has 2 rings (SSSR count). The van der Waals surface area contributed by atoms with Crippen molar-refractivity contribution in [3.8, 4) is 0 Å². The number of aromatic nitrogens is 1. The summed E-state index contributed by atoms with van der Waals surface area (Å²) in [5.74, 6) is 1.38. The summed E-state index contributed by atoms with van der Waals surface area (Å²) >= 11 is 3.26. The monoisotopic (exact) mass is 257 g/mol. The molecule has 0 radical (unpaired) electrons. The third kappa shape index (κ3) is 2.46. The van der Waals surface area contributed by atoms with Gasteiger partial charge in [-0.2, -0.15) is 4.37 Å². The Kier molecular flexibility index (Phi) is 3.64. The van der Waals surface area contributed by atoms with Crippen molar-refractivity contribution >= 4 is 34.1 Å². The molecule has 2 N–H and O–H groups in total. The van der Waals surface area contributed by atoms with Crippen molar-refractivity contribution in [1.29, 1.82) is 0 Å². The van der Waals surface area contributed by atoms with Gasteiger partial charge in [-0.15, -0.1) is 11.8 Å². The van der Waals surface area contributed by atoms with Crippen molar-refractivity contribution in [2.75, 3.05) is 23.4 Å². The van der Waals surface area contributed by atoms with E-state index in [1.807, 2.05) is 0 Å². The van der Waals surface area contributed by atoms with E-state index in [4.69, 9.17) is 5.73 Å². The van der Waals surface area contributed by atoms with E-state index >= 15 is 0 Å². The number of nitrogen functional groups attached to an aromatic ring is 1. The summed E-state index contributed by atoms with van der Waals surface area (Å²) in [6.07, 6.45) is 4.71. The lowest BCUT2D eigenvalue weighted by atomic mass is 10.2. The normalized spacial score (nSPS) is 15.8. The number of nitrogens with zero attached hydrogens (tertiary/aromatic N) is 2. The Bertz CT molecular complexity index is 358. The maximum atomic E-state index is 5.89. The molecule has 0 saturated heterocycles. The molecule has 1 aliphatic rings. The summed E-state index contributed by atoms with van der Waals surface area (Å²) in [6, 6.07) is 0.730. The standard InChI is InChI=1S/C11H19N3S2/c1-7(2)6-14(8-4-5-8)11-9(15-3)10(12)13-16-11/h7-8H,4-6H2,1-3H3,(H2,12,13). The molecule has 0 atom stereocenters. The number of nitrogens with two attached hydrogens (primary N) is 1. The molecule has 0 aromatic carbocycles. The first-order chi connectivity index (χ1) is 7.63. The Morgan fingerprint density at radius 2 is 2.25 bits per heavy atom. The molecule has 90 valence electrons. The fourth-order valence-corrected chi connectivity index (χ4v) is 3.60. The topological polar surface area (TPSA) is 42.1 Å². The predicted molar refractivity (Wildman–Crippen MR) is 73.5 cm³/mol. The zero-order chi connectivity index (χ0) is 11.7. The predicted octanol–water partition coefficient (Wildman–Crippen LogP) is 3.07. The second-order valence-electron chi connectivity index (χ2n) is 4.68. The number of anilines is 2. The Balaban J connectivity index is 2.23. The number of hydrogen-bond acceptors (Lipinski definition) is 5. The van der Waals surface area contributed by atoms with Crippen LogP contribution in [0.3, 0.4) is 0 Å². The van der Waals surface area contributed by atoms with E-state index in [0.717, 1.165) is 17.5 Å². The molecule has 5 heteroatoms. The molecule has 1 aromatic rings. The molecule has 1 aromatic heterocycles. The van der Waals surface area contributed by atoms with Crippen LogP contribution in [0, 0.1) is 5.92 Å². The maximum absolute atomic E-state index is 5.89. The van der Waals surface area contributed by atoms with Crippen LogP contribution in [0.15, 0.2) is 4.90 Å². The average Bonchev–Trinajstić information content (AvgIpc) is 2.99. The van der Waals surface area contributed by atoms with Gasteiger partial charge in [0.25, 0.3) is 0 Å². The Morgan fingerprint density at radius 3 is 2.75 bits per heavy atom. The van der Waals surface area contributed by atoms with Crippen molar-refractivity contribution in [1.82, 2.24) is 4.37 Å². The second-order valence-corrected chi connectivity index (χ2v) is 6.25. The van der Waals surface area contributed by atoms with Gasteiger partial charge in [0.2, 0.25) is 0 Å². The highest BCUT2D eigenvalue weighted by molar-refractivity contribution is 7.99. The first kappa shape index (κ1) is 12.0. The minimum absolute atomic E-state index is 0.679. The number of hydrogen-bond donors (Lipinski definition) is 1. The van der Waals surface area contributed by atoms with Gasteiger partial charge in [-0.05, 0) is 36.5 Å². The van der Waals surface area contributed by atoms with Crippen LogP contribution in [-0.4, -0.2) is 23.2 Å². The molecule has 0 spiro atoms. The van der Waals surface area contributed by atoms with Crippen LogP contribution < -0.4 is 10.6 Å². The molecule has 3 nitrogen and oxygen atoms in total. The van der Waals surface area contributed by atoms with Crippen LogP contribution in [0.4, 0.5) is 10.8 Å². The largest absolute Gasteiger partial charge is 0.382 e. The van der Waals surface area contributed by atoms with Gasteiger partial charge in [-0.1, -0.05) is 13.8 Å². The summed E-state index contributed by atoms with van der Waals surface area (Å²) in [5, 5.41) is 1.28. The van der Waals surface area contributed by atoms with Crippen molar-refractivity contribution in [2.24, 2.45) is 5.92 Å². The molecule has 1 aliphatic carbocycles. The van der Waals surface area contributed by atoms with Crippen molar-refractivity contribution in [2.45, 2.75) is 37.6 Å². The van der Waals surface area contributed by atoms with Crippen LogP contribution >= 0.6 is 23.3 Å². The van der Waals surface area contributed by atoms with Crippen molar-refractivity contribution in [3.63, 3.8) is 0 Å². The summed E-state index contributed by atoms with van der Waals surface area (Å²) in [4.78, 5) is 3.67. The maximum Gasteiger partial charge on any atom is 0.153 e. The molecule has 16 heavy (non-hydrogen) atoms. The SMILES string of the molecule is CSc1c(N)nsc1N(CC(C)C)C1CC1. The van der Waals surface area contributed by atoms with Gasteiger partial charge >= 0.3 is 0 Å². The molecular weight excluding hydrogens is 238 g/mol. The first-order valence-corrected chi connectivity index (χ1v) is 7.69. The summed E-state index contributed by atoms with van der Waals surface area (Å²) in [6.45, 7) is 5.64. The van der Waals surface area contributed by atoms with Crippen LogP contribution in [0.25, 0.3) is 0 Å². The van der Waals surface area contributed by atoms with E-state index < -0.39 is 0 Å². The molecule has 0 unspecified atom stereocenters. The Labute approximate surface area is 106 Å². The smallest absolute Gasteiger partial charge is 0.153 e. The zero-order valence-electron chi connectivity index (χ0n) is 10.1. The summed E-state index contributed by atoms with van der Waals surface area (Å²) in [5.41, 5.74) is 5.89. The van der Waals surface area contributed by atoms with Crippen molar-refractivity contribution in [3.05, 3.63) is 0 Å². The molecule has 0 bridgehead atoms. The molecule has 0 aliphatic heterocycles. The quantitative estimate of drug-likeness (QED) is 0.823. The Morgan fingerprint density at radius 1 is 1.56 bits per heavy atom. The minimum Gasteiger partial charge on any atom is -0.382 e. The molecule has 1 fully saturated rings. The highest BCUT2D eigenvalue weighted by Crippen LogP contribution is 2.42. The molecule has 1 heterocycles. The van der Waals surface area contributed by atoms with E-state index in [2.05, 4.69) is 29.4 Å². The number of thioether (sulfide) groups is 1. The van der Waals surface area contributed by atoms with E-state index in [1.165, 1.54) is 17.8 Å². The highest BCUT2D eigenvalue weighted by Gasteiger charge is 2.32. The highest BCUT2D eigenvalue weighted by atomic mass is 32.2. The Hall–Kier alpha value is -0.420. The lowest BCUT2D eigenvalue weighted by Crippen LogP contribution is -2.29.